The van der Waals surface area contributed by atoms with E-state index in [1.807, 2.05) is 0 Å². The lowest BCUT2D eigenvalue weighted by atomic mass is 10.0. The van der Waals surface area contributed by atoms with E-state index in [4.69, 9.17) is 14.9 Å². The highest BCUT2D eigenvalue weighted by Crippen LogP contribution is 2.18. The van der Waals surface area contributed by atoms with Crippen LogP contribution in [0.15, 0.2) is 122 Å². The number of hydrogen-bond donors (Lipinski definition) is 4. The van der Waals surface area contributed by atoms with Crippen LogP contribution in [0.5, 0.6) is 0 Å². The molecule has 0 aliphatic heterocycles. The number of carboxylic acid groups (broad SMARTS) is 1. The number of carboxylic acids is 1. The van der Waals surface area contributed by atoms with Crippen LogP contribution in [0.25, 0.3) is 0 Å². The maximum absolute atomic E-state index is 12.9. The van der Waals surface area contributed by atoms with E-state index in [0.29, 0.717) is 12.8 Å². The van der Waals surface area contributed by atoms with Gasteiger partial charge in [0.05, 0.1) is 13.2 Å². The maximum Gasteiger partial charge on any atom is 0.328 e. The molecular weight excluding hydrogens is 801 g/mol. The van der Waals surface area contributed by atoms with Gasteiger partial charge in [-0.2, -0.15) is 0 Å². The monoisotopic (exact) mass is 887 g/mol. The fraction of sp³-hybridized carbons (Fsp3) is 0.564. The van der Waals surface area contributed by atoms with E-state index in [9.17, 15) is 19.2 Å². The number of aliphatic hydroxyl groups is 1. The number of aliphatic carboxylic acids is 1. The van der Waals surface area contributed by atoms with Crippen LogP contribution in [-0.2, 0) is 23.9 Å². The molecule has 0 aliphatic rings. The summed E-state index contributed by atoms with van der Waals surface area (Å²) in [6.07, 6.45) is 66.5. The number of carbonyl (C=O) groups is 4. The molecule has 0 heterocycles. The molecule has 9 heteroatoms. The average Bonchev–Trinajstić information content (AvgIpc) is 3.28. The summed E-state index contributed by atoms with van der Waals surface area (Å²) in [5.41, 5.74) is 0. The molecule has 0 aromatic rings. The molecule has 4 N–H and O–H groups in total. The first-order valence-corrected chi connectivity index (χ1v) is 24.4. The Kier molecular flexibility index (Phi) is 44.2. The molecule has 0 rings (SSSR count). The van der Waals surface area contributed by atoms with Crippen LogP contribution in [0, 0.1) is 0 Å². The normalized spacial score (nSPS) is 13.5. The molecule has 0 saturated carbocycles. The van der Waals surface area contributed by atoms with Crippen molar-refractivity contribution in [3.05, 3.63) is 122 Å². The van der Waals surface area contributed by atoms with E-state index >= 15 is 0 Å². The molecule has 0 aromatic heterocycles. The molecule has 2 amide bonds. The number of allylic oxidation sites excluding steroid dienone is 20. The van der Waals surface area contributed by atoms with E-state index in [2.05, 4.69) is 146 Å². The highest BCUT2D eigenvalue weighted by molar-refractivity contribution is 5.87. The molecule has 0 saturated heterocycles. The topological polar surface area (TPSA) is 142 Å². The first-order chi connectivity index (χ1) is 31.3. The van der Waals surface area contributed by atoms with Crippen LogP contribution in [-0.4, -0.2) is 59.3 Å². The van der Waals surface area contributed by atoms with Gasteiger partial charge in [0, 0.05) is 12.8 Å². The highest BCUT2D eigenvalue weighted by atomic mass is 16.5. The number of aliphatic hydroxyl groups excluding tert-OH is 1. The van der Waals surface area contributed by atoms with Crippen molar-refractivity contribution in [2.45, 2.75) is 187 Å². The summed E-state index contributed by atoms with van der Waals surface area (Å²) in [5.74, 6) is -2.39. The standard InChI is InChI=1S/C55H86N2O7/c1-3-5-7-9-11-13-15-17-19-20-21-22-23-24-26-28-30-32-34-39-43-47-54(61)64-50(44-40-36-33-31-29-27-25-18-16-14-12-10-8-6-4-2)45-41-37-35-38-42-46-52(59)56-48-53(60)57-51(49-58)55(62)63/h5-8,11-14,17-19,21-22,24-26,29-32,50-51,58H,3-4,9-10,15-16,20,23,27-28,33-49H2,1-2H3,(H,56,59)(H,57,60)(H,62,63)/b7-5-,8-6-,13-11-,14-12-,19-17-,22-21-,25-18-,26-24-,31-29-,32-30-. The van der Waals surface area contributed by atoms with Gasteiger partial charge < -0.3 is 25.6 Å². The van der Waals surface area contributed by atoms with Gasteiger partial charge in [0.25, 0.3) is 0 Å². The van der Waals surface area contributed by atoms with Crippen molar-refractivity contribution in [3.63, 3.8) is 0 Å². The summed E-state index contributed by atoms with van der Waals surface area (Å²) in [5, 5.41) is 22.6. The summed E-state index contributed by atoms with van der Waals surface area (Å²) in [4.78, 5) is 47.8. The fourth-order valence-corrected chi connectivity index (χ4v) is 6.30. The van der Waals surface area contributed by atoms with Gasteiger partial charge in [0.1, 0.15) is 12.1 Å². The Labute approximate surface area is 388 Å². The van der Waals surface area contributed by atoms with Gasteiger partial charge in [-0.1, -0.05) is 155 Å². The van der Waals surface area contributed by atoms with E-state index in [1.54, 1.807) is 0 Å². The van der Waals surface area contributed by atoms with Crippen molar-refractivity contribution in [2.75, 3.05) is 13.2 Å². The Balaban J connectivity index is 4.52. The zero-order chi connectivity index (χ0) is 46.8. The zero-order valence-corrected chi connectivity index (χ0v) is 39.7. The predicted octanol–water partition coefficient (Wildman–Crippen LogP) is 12.9. The van der Waals surface area contributed by atoms with Gasteiger partial charge in [-0.3, -0.25) is 14.4 Å². The lowest BCUT2D eigenvalue weighted by Crippen LogP contribution is -2.47. The van der Waals surface area contributed by atoms with Crippen LogP contribution in [0.2, 0.25) is 0 Å². The zero-order valence-electron chi connectivity index (χ0n) is 39.7. The molecule has 0 aromatic carbocycles. The number of esters is 1. The smallest absolute Gasteiger partial charge is 0.328 e. The van der Waals surface area contributed by atoms with Crippen LogP contribution in [0.1, 0.15) is 174 Å². The molecule has 358 valence electrons. The summed E-state index contributed by atoms with van der Waals surface area (Å²) < 4.78 is 6.01. The van der Waals surface area contributed by atoms with Gasteiger partial charge in [0.2, 0.25) is 11.8 Å². The Bertz CT molecular complexity index is 1480. The average molecular weight is 887 g/mol. The molecule has 64 heavy (non-hydrogen) atoms. The third-order valence-corrected chi connectivity index (χ3v) is 9.95. The lowest BCUT2D eigenvalue weighted by Gasteiger charge is -2.18. The number of hydrogen-bond acceptors (Lipinski definition) is 6. The van der Waals surface area contributed by atoms with E-state index < -0.39 is 24.5 Å². The number of amides is 2. The second-order valence-electron chi connectivity index (χ2n) is 15.8. The Morgan fingerprint density at radius 2 is 0.844 bits per heavy atom. The van der Waals surface area contributed by atoms with Crippen LogP contribution in [0.4, 0.5) is 0 Å². The van der Waals surface area contributed by atoms with Gasteiger partial charge in [-0.05, 0) is 128 Å². The van der Waals surface area contributed by atoms with Gasteiger partial charge in [-0.25, -0.2) is 4.79 Å². The van der Waals surface area contributed by atoms with E-state index in [0.717, 1.165) is 141 Å². The Hall–Kier alpha value is -4.76. The minimum atomic E-state index is -1.40. The third-order valence-electron chi connectivity index (χ3n) is 9.95. The SMILES string of the molecule is CC/C=C\C/C=C\C/C=C\C/C=C\C/C=C\C/C=C\CCCCC(=O)OC(CCCC/C=C\C/C=C\C/C=C\C/C=C\CC)CCCCCCCC(=O)NCC(=O)NC(CO)C(=O)O. The maximum atomic E-state index is 12.9. The summed E-state index contributed by atoms with van der Waals surface area (Å²) in [6.45, 7) is 3.23. The van der Waals surface area contributed by atoms with Crippen molar-refractivity contribution in [2.24, 2.45) is 0 Å². The number of unbranched alkanes of at least 4 members (excludes halogenated alkanes) is 8. The first kappa shape index (κ1) is 59.2. The summed E-state index contributed by atoms with van der Waals surface area (Å²) in [6, 6.07) is -1.40. The van der Waals surface area contributed by atoms with Crippen molar-refractivity contribution in [1.29, 1.82) is 0 Å². The Morgan fingerprint density at radius 3 is 1.28 bits per heavy atom. The number of carbonyl (C=O) groups excluding carboxylic acids is 3. The van der Waals surface area contributed by atoms with Crippen molar-refractivity contribution >= 4 is 23.8 Å². The van der Waals surface area contributed by atoms with E-state index in [-0.39, 0.29) is 30.9 Å². The molecule has 0 fully saturated rings. The Morgan fingerprint density at radius 1 is 0.469 bits per heavy atom. The summed E-state index contributed by atoms with van der Waals surface area (Å²) in [7, 11) is 0. The van der Waals surface area contributed by atoms with Crippen LogP contribution in [0.3, 0.4) is 0 Å². The number of ether oxygens (including phenoxy) is 1. The van der Waals surface area contributed by atoms with Gasteiger partial charge in [0.15, 0.2) is 0 Å². The molecule has 9 nitrogen and oxygen atoms in total. The number of nitrogens with one attached hydrogen (secondary N) is 2. The molecular formula is C55H86N2O7. The largest absolute Gasteiger partial charge is 0.480 e. The van der Waals surface area contributed by atoms with Gasteiger partial charge in [-0.15, -0.1) is 0 Å². The molecule has 2 atom stereocenters. The van der Waals surface area contributed by atoms with Crippen LogP contribution >= 0.6 is 0 Å². The highest BCUT2D eigenvalue weighted by Gasteiger charge is 2.19. The molecule has 0 aliphatic carbocycles. The molecule has 2 unspecified atom stereocenters. The second kappa shape index (κ2) is 47.7. The minimum Gasteiger partial charge on any atom is -0.480 e. The second-order valence-corrected chi connectivity index (χ2v) is 15.8. The minimum absolute atomic E-state index is 0.0863. The van der Waals surface area contributed by atoms with Crippen molar-refractivity contribution in [3.8, 4) is 0 Å². The quantitative estimate of drug-likeness (QED) is 0.0272. The van der Waals surface area contributed by atoms with E-state index in [1.165, 1.54) is 0 Å². The fourth-order valence-electron chi connectivity index (χ4n) is 6.30. The van der Waals surface area contributed by atoms with Crippen molar-refractivity contribution < 1.29 is 34.1 Å². The van der Waals surface area contributed by atoms with Crippen molar-refractivity contribution in [1.82, 2.24) is 10.6 Å². The lowest BCUT2D eigenvalue weighted by molar-refractivity contribution is -0.150. The predicted molar refractivity (Wildman–Crippen MR) is 268 cm³/mol. The third kappa shape index (κ3) is 43.9. The number of rotatable bonds is 42. The summed E-state index contributed by atoms with van der Waals surface area (Å²) >= 11 is 0. The first-order valence-electron chi connectivity index (χ1n) is 24.4. The van der Waals surface area contributed by atoms with Gasteiger partial charge >= 0.3 is 11.9 Å². The van der Waals surface area contributed by atoms with Crippen LogP contribution < -0.4 is 10.6 Å². The molecule has 0 radical (unpaired) electrons. The molecule has 0 bridgehead atoms. The molecule has 0 spiro atoms.